The molecular weight excluding hydrogens is 246 g/mol. The Morgan fingerprint density at radius 3 is 2.79 bits per heavy atom. The van der Waals surface area contributed by atoms with Crippen LogP contribution in [0.15, 0.2) is 6.20 Å². The van der Waals surface area contributed by atoms with Crippen molar-refractivity contribution in [3.05, 3.63) is 17.5 Å². The van der Waals surface area contributed by atoms with E-state index in [4.69, 9.17) is 9.84 Å². The summed E-state index contributed by atoms with van der Waals surface area (Å²) >= 11 is 0. The molecule has 0 saturated carbocycles. The highest BCUT2D eigenvalue weighted by Crippen LogP contribution is 2.27. The van der Waals surface area contributed by atoms with Gasteiger partial charge in [-0.15, -0.1) is 0 Å². The quantitative estimate of drug-likeness (QED) is 0.856. The summed E-state index contributed by atoms with van der Waals surface area (Å²) in [5, 5.41) is 13.6. The molecular formula is C13H21N3O3. The molecule has 6 nitrogen and oxygen atoms in total. The molecule has 0 radical (unpaired) electrons. The van der Waals surface area contributed by atoms with E-state index in [0.717, 1.165) is 30.8 Å². The Morgan fingerprint density at radius 2 is 2.21 bits per heavy atom. The first-order valence-electron chi connectivity index (χ1n) is 6.67. The molecule has 0 spiro atoms. The maximum atomic E-state index is 11.1. The molecule has 1 atom stereocenters. The van der Waals surface area contributed by atoms with Gasteiger partial charge in [0.25, 0.3) is 0 Å². The minimum Gasteiger partial charge on any atom is -0.481 e. The van der Waals surface area contributed by atoms with E-state index in [2.05, 4.69) is 10.00 Å². The van der Waals surface area contributed by atoms with Gasteiger partial charge in [-0.25, -0.2) is 0 Å². The number of rotatable bonds is 5. The largest absolute Gasteiger partial charge is 0.481 e. The highest BCUT2D eigenvalue weighted by atomic mass is 16.5. The summed E-state index contributed by atoms with van der Waals surface area (Å²) in [5.41, 5.74) is 2.02. The predicted octanol–water partition coefficient (Wildman–Crippen LogP) is 0.831. The number of hydrogen-bond acceptors (Lipinski definition) is 4. The molecule has 2 rings (SSSR count). The summed E-state index contributed by atoms with van der Waals surface area (Å²) in [4.78, 5) is 13.3. The smallest absolute Gasteiger partial charge is 0.305 e. The number of carboxylic acid groups (broad SMARTS) is 1. The van der Waals surface area contributed by atoms with Crippen LogP contribution in [0.25, 0.3) is 0 Å². The summed E-state index contributed by atoms with van der Waals surface area (Å²) in [6.07, 6.45) is 2.87. The Morgan fingerprint density at radius 1 is 1.53 bits per heavy atom. The van der Waals surface area contributed by atoms with E-state index < -0.39 is 5.97 Å². The highest BCUT2D eigenvalue weighted by molar-refractivity contribution is 5.68. The van der Waals surface area contributed by atoms with Crippen LogP contribution in [-0.2, 0) is 23.0 Å². The lowest BCUT2D eigenvalue weighted by Gasteiger charge is -2.33. The lowest BCUT2D eigenvalue weighted by molar-refractivity contribution is -0.139. The summed E-state index contributed by atoms with van der Waals surface area (Å²) < 4.78 is 7.11. The third-order valence-corrected chi connectivity index (χ3v) is 3.49. The number of nitrogens with zero attached hydrogens (tertiary/aromatic N) is 3. The molecule has 1 unspecified atom stereocenters. The Labute approximate surface area is 113 Å². The second kappa shape index (κ2) is 6.16. The van der Waals surface area contributed by atoms with E-state index in [1.165, 1.54) is 0 Å². The van der Waals surface area contributed by atoms with Crippen molar-refractivity contribution in [1.29, 1.82) is 0 Å². The van der Waals surface area contributed by atoms with E-state index in [1.807, 2.05) is 20.2 Å². The average Bonchev–Trinajstić information content (AvgIpc) is 2.78. The van der Waals surface area contributed by atoms with Crippen molar-refractivity contribution >= 4 is 5.97 Å². The molecule has 0 amide bonds. The second-order valence-corrected chi connectivity index (χ2v) is 4.82. The molecule has 1 saturated heterocycles. The third kappa shape index (κ3) is 3.33. The molecule has 1 aromatic heterocycles. The van der Waals surface area contributed by atoms with Gasteiger partial charge in [0, 0.05) is 37.9 Å². The number of carbonyl (C=O) groups is 1. The van der Waals surface area contributed by atoms with Gasteiger partial charge in [0.05, 0.1) is 25.3 Å². The fourth-order valence-electron chi connectivity index (χ4n) is 2.60. The standard InChI is InChI=1S/C13H21N3O3/c1-3-11-10(9-15(2)14-11)12(8-13(17)18)16-4-6-19-7-5-16/h9,12H,3-8H2,1-2H3,(H,17,18). The first-order chi connectivity index (χ1) is 9.11. The maximum absolute atomic E-state index is 11.1. The Bertz CT molecular complexity index is 438. The summed E-state index contributed by atoms with van der Waals surface area (Å²) in [5.74, 6) is -0.776. The number of hydrogen-bond donors (Lipinski definition) is 1. The molecule has 19 heavy (non-hydrogen) atoms. The van der Waals surface area contributed by atoms with E-state index in [0.29, 0.717) is 13.2 Å². The SMILES string of the molecule is CCc1nn(C)cc1C(CC(=O)O)N1CCOCC1. The fourth-order valence-corrected chi connectivity index (χ4v) is 2.60. The van der Waals surface area contributed by atoms with E-state index >= 15 is 0 Å². The molecule has 0 bridgehead atoms. The van der Waals surface area contributed by atoms with Crippen molar-refractivity contribution in [2.24, 2.45) is 7.05 Å². The van der Waals surface area contributed by atoms with Crippen LogP contribution in [0.5, 0.6) is 0 Å². The molecule has 6 heteroatoms. The first kappa shape index (κ1) is 14.0. The molecule has 1 fully saturated rings. The van der Waals surface area contributed by atoms with Crippen molar-refractivity contribution < 1.29 is 14.6 Å². The number of ether oxygens (including phenoxy) is 1. The average molecular weight is 267 g/mol. The van der Waals surface area contributed by atoms with Gasteiger partial charge >= 0.3 is 5.97 Å². The van der Waals surface area contributed by atoms with Crippen LogP contribution >= 0.6 is 0 Å². The van der Waals surface area contributed by atoms with Gasteiger partial charge < -0.3 is 9.84 Å². The lowest BCUT2D eigenvalue weighted by atomic mass is 10.0. The van der Waals surface area contributed by atoms with Gasteiger partial charge in [0.15, 0.2) is 0 Å². The lowest BCUT2D eigenvalue weighted by Crippen LogP contribution is -2.40. The maximum Gasteiger partial charge on any atom is 0.305 e. The molecule has 2 heterocycles. The number of aryl methyl sites for hydroxylation is 2. The Balaban J connectivity index is 2.27. The van der Waals surface area contributed by atoms with Gasteiger partial charge in [0.2, 0.25) is 0 Å². The number of aromatic nitrogens is 2. The van der Waals surface area contributed by atoms with Crippen molar-refractivity contribution in [3.8, 4) is 0 Å². The van der Waals surface area contributed by atoms with Gasteiger partial charge in [-0.05, 0) is 6.42 Å². The minimum atomic E-state index is -0.776. The Kier molecular flexibility index (Phi) is 4.55. The van der Waals surface area contributed by atoms with E-state index in [9.17, 15) is 4.79 Å². The van der Waals surface area contributed by atoms with Crippen molar-refractivity contribution in [2.45, 2.75) is 25.8 Å². The van der Waals surface area contributed by atoms with Gasteiger partial charge in [0.1, 0.15) is 0 Å². The zero-order valence-electron chi connectivity index (χ0n) is 11.5. The number of morpholine rings is 1. The summed E-state index contributed by atoms with van der Waals surface area (Å²) in [6, 6.07) is -0.106. The Hall–Kier alpha value is -1.40. The molecule has 1 aliphatic rings. The molecule has 0 aliphatic carbocycles. The van der Waals surface area contributed by atoms with Crippen LogP contribution in [0.2, 0.25) is 0 Å². The number of carboxylic acids is 1. The van der Waals surface area contributed by atoms with Crippen molar-refractivity contribution in [1.82, 2.24) is 14.7 Å². The minimum absolute atomic E-state index is 0.106. The van der Waals surface area contributed by atoms with Crippen LogP contribution in [0.4, 0.5) is 0 Å². The van der Waals surface area contributed by atoms with E-state index in [1.54, 1.807) is 4.68 Å². The van der Waals surface area contributed by atoms with Crippen LogP contribution in [0.3, 0.4) is 0 Å². The van der Waals surface area contributed by atoms with Crippen molar-refractivity contribution in [3.63, 3.8) is 0 Å². The summed E-state index contributed by atoms with van der Waals surface area (Å²) in [6.45, 7) is 4.92. The normalized spacial score (nSPS) is 18.4. The molecule has 0 aromatic carbocycles. The van der Waals surface area contributed by atoms with Crippen LogP contribution in [0.1, 0.15) is 30.6 Å². The first-order valence-corrected chi connectivity index (χ1v) is 6.67. The van der Waals surface area contributed by atoms with Crippen molar-refractivity contribution in [2.75, 3.05) is 26.3 Å². The monoisotopic (exact) mass is 267 g/mol. The van der Waals surface area contributed by atoms with Crippen LogP contribution in [-0.4, -0.2) is 52.1 Å². The molecule has 106 valence electrons. The zero-order chi connectivity index (χ0) is 13.8. The second-order valence-electron chi connectivity index (χ2n) is 4.82. The molecule has 1 aliphatic heterocycles. The molecule has 1 N–H and O–H groups in total. The molecule has 1 aromatic rings. The van der Waals surface area contributed by atoms with E-state index in [-0.39, 0.29) is 12.5 Å². The topological polar surface area (TPSA) is 67.6 Å². The van der Waals surface area contributed by atoms with Crippen LogP contribution in [0, 0.1) is 0 Å². The van der Waals surface area contributed by atoms with Gasteiger partial charge in [-0.3, -0.25) is 14.4 Å². The van der Waals surface area contributed by atoms with Gasteiger partial charge in [-0.1, -0.05) is 6.92 Å². The predicted molar refractivity (Wildman–Crippen MR) is 70.0 cm³/mol. The van der Waals surface area contributed by atoms with Gasteiger partial charge in [-0.2, -0.15) is 5.10 Å². The third-order valence-electron chi connectivity index (χ3n) is 3.49. The number of aliphatic carboxylic acids is 1. The van der Waals surface area contributed by atoms with Crippen LogP contribution < -0.4 is 0 Å². The highest BCUT2D eigenvalue weighted by Gasteiger charge is 2.28. The zero-order valence-corrected chi connectivity index (χ0v) is 11.5. The fraction of sp³-hybridized carbons (Fsp3) is 0.692. The summed E-state index contributed by atoms with van der Waals surface area (Å²) in [7, 11) is 1.87.